The first-order chi connectivity index (χ1) is 9.83. The predicted octanol–water partition coefficient (Wildman–Crippen LogP) is 1.21. The van der Waals surface area contributed by atoms with Gasteiger partial charge in [0, 0.05) is 17.8 Å². The zero-order valence-corrected chi connectivity index (χ0v) is 13.1. The molecule has 0 unspecified atom stereocenters. The minimum Gasteiger partial charge on any atom is -0.480 e. The number of nitrogens with zero attached hydrogens (tertiary/aromatic N) is 2. The number of thiazole rings is 1. The van der Waals surface area contributed by atoms with Crippen molar-refractivity contribution in [1.29, 1.82) is 0 Å². The van der Waals surface area contributed by atoms with Crippen LogP contribution in [0.25, 0.3) is 0 Å². The molecule has 0 aliphatic carbocycles. The molecule has 7 nitrogen and oxygen atoms in total. The summed E-state index contributed by atoms with van der Waals surface area (Å²) >= 11 is 1.24. The van der Waals surface area contributed by atoms with E-state index in [4.69, 9.17) is 5.11 Å². The molecule has 8 heteroatoms. The third-order valence-corrected chi connectivity index (χ3v) is 3.51. The number of carbonyl (C=O) groups is 3. The minimum absolute atomic E-state index is 0.0230. The Morgan fingerprint density at radius 1 is 1.43 bits per heavy atom. The van der Waals surface area contributed by atoms with Crippen LogP contribution in [-0.2, 0) is 20.8 Å². The molecular formula is C13H19N3O4S. The van der Waals surface area contributed by atoms with Crippen LogP contribution in [0.15, 0.2) is 5.38 Å². The summed E-state index contributed by atoms with van der Waals surface area (Å²) in [7, 11) is 0. The summed E-state index contributed by atoms with van der Waals surface area (Å²) in [6.45, 7) is 5.27. The van der Waals surface area contributed by atoms with Gasteiger partial charge in [-0.3, -0.25) is 14.4 Å². The quantitative estimate of drug-likeness (QED) is 0.788. The number of aromatic nitrogens is 1. The molecule has 0 saturated carbocycles. The number of anilines is 1. The lowest BCUT2D eigenvalue weighted by atomic mass is 10.2. The van der Waals surface area contributed by atoms with Crippen molar-refractivity contribution in [3.05, 3.63) is 11.1 Å². The van der Waals surface area contributed by atoms with Gasteiger partial charge in [-0.15, -0.1) is 11.3 Å². The van der Waals surface area contributed by atoms with Crippen LogP contribution in [-0.4, -0.2) is 45.9 Å². The van der Waals surface area contributed by atoms with Crippen molar-refractivity contribution in [2.45, 2.75) is 27.2 Å². The van der Waals surface area contributed by atoms with Crippen molar-refractivity contribution in [1.82, 2.24) is 9.88 Å². The summed E-state index contributed by atoms with van der Waals surface area (Å²) in [5, 5.41) is 13.5. The fourth-order valence-electron chi connectivity index (χ4n) is 1.50. The maximum Gasteiger partial charge on any atom is 0.323 e. The molecule has 1 heterocycles. The lowest BCUT2D eigenvalue weighted by molar-refractivity contribution is -0.144. The predicted molar refractivity (Wildman–Crippen MR) is 79.2 cm³/mol. The molecule has 0 atom stereocenters. The van der Waals surface area contributed by atoms with Gasteiger partial charge in [-0.2, -0.15) is 0 Å². The maximum absolute atomic E-state index is 12.0. The second kappa shape index (κ2) is 7.72. The number of hydrogen-bond acceptors (Lipinski definition) is 5. The molecular weight excluding hydrogens is 294 g/mol. The van der Waals surface area contributed by atoms with E-state index in [1.807, 2.05) is 0 Å². The Kier molecular flexibility index (Phi) is 6.29. The number of carbonyl (C=O) groups excluding carboxylic acids is 2. The van der Waals surface area contributed by atoms with E-state index in [1.54, 1.807) is 26.2 Å². The monoisotopic (exact) mass is 313 g/mol. The van der Waals surface area contributed by atoms with Crippen LogP contribution in [0.4, 0.5) is 5.13 Å². The fraction of sp³-hybridized carbons (Fsp3) is 0.538. The fourth-order valence-corrected chi connectivity index (χ4v) is 2.21. The minimum atomic E-state index is -1.05. The molecule has 2 amide bonds. The molecule has 0 bridgehead atoms. The first-order valence-electron chi connectivity index (χ1n) is 6.58. The van der Waals surface area contributed by atoms with E-state index in [0.29, 0.717) is 17.4 Å². The number of amides is 2. The van der Waals surface area contributed by atoms with Gasteiger partial charge < -0.3 is 15.3 Å². The molecule has 0 aliphatic rings. The first kappa shape index (κ1) is 17.1. The van der Waals surface area contributed by atoms with Crippen LogP contribution in [0.5, 0.6) is 0 Å². The Labute approximate surface area is 127 Å². The van der Waals surface area contributed by atoms with E-state index in [-0.39, 0.29) is 30.7 Å². The number of carboxylic acids is 1. The van der Waals surface area contributed by atoms with Gasteiger partial charge in [0.05, 0.1) is 12.1 Å². The standard InChI is InChI=1S/C13H19N3O4S/c1-4-16(6-11(18)19)10(17)5-9-7-21-13(14-9)15-12(20)8(2)3/h7-8H,4-6H2,1-3H3,(H,18,19)(H,14,15,20). The zero-order valence-electron chi connectivity index (χ0n) is 12.3. The van der Waals surface area contributed by atoms with Crippen molar-refractivity contribution < 1.29 is 19.5 Å². The van der Waals surface area contributed by atoms with Gasteiger partial charge in [0.1, 0.15) is 6.54 Å². The highest BCUT2D eigenvalue weighted by Gasteiger charge is 2.17. The summed E-state index contributed by atoms with van der Waals surface area (Å²) in [5.41, 5.74) is 0.521. The lowest BCUT2D eigenvalue weighted by Crippen LogP contribution is -2.36. The van der Waals surface area contributed by atoms with Gasteiger partial charge in [0.2, 0.25) is 11.8 Å². The van der Waals surface area contributed by atoms with Gasteiger partial charge in [-0.05, 0) is 6.92 Å². The molecule has 0 radical (unpaired) electrons. The Bertz CT molecular complexity index is 527. The zero-order chi connectivity index (χ0) is 16.0. The highest BCUT2D eigenvalue weighted by molar-refractivity contribution is 7.13. The normalized spacial score (nSPS) is 10.5. The van der Waals surface area contributed by atoms with Gasteiger partial charge in [-0.25, -0.2) is 4.98 Å². The average Bonchev–Trinajstić information content (AvgIpc) is 2.82. The van der Waals surface area contributed by atoms with Gasteiger partial charge in [0.15, 0.2) is 5.13 Å². The number of nitrogens with one attached hydrogen (secondary N) is 1. The molecule has 0 aliphatic heterocycles. The van der Waals surface area contributed by atoms with Crippen LogP contribution in [0.3, 0.4) is 0 Å². The molecule has 21 heavy (non-hydrogen) atoms. The number of likely N-dealkylation sites (N-methyl/N-ethyl adjacent to an activating group) is 1. The number of rotatable bonds is 7. The Balaban J connectivity index is 2.63. The van der Waals surface area contributed by atoms with Crippen LogP contribution >= 0.6 is 11.3 Å². The Morgan fingerprint density at radius 2 is 2.10 bits per heavy atom. The van der Waals surface area contributed by atoms with Crippen molar-refractivity contribution in [2.75, 3.05) is 18.4 Å². The van der Waals surface area contributed by atoms with Crippen molar-refractivity contribution in [3.63, 3.8) is 0 Å². The topological polar surface area (TPSA) is 99.6 Å². The summed E-state index contributed by atoms with van der Waals surface area (Å²) in [4.78, 5) is 39.6. The number of aliphatic carboxylic acids is 1. The van der Waals surface area contributed by atoms with E-state index < -0.39 is 5.97 Å². The van der Waals surface area contributed by atoms with E-state index in [0.717, 1.165) is 0 Å². The van der Waals surface area contributed by atoms with Crippen molar-refractivity contribution in [3.8, 4) is 0 Å². The second-order valence-corrected chi connectivity index (χ2v) is 5.62. The molecule has 2 N–H and O–H groups in total. The Hall–Kier alpha value is -1.96. The lowest BCUT2D eigenvalue weighted by Gasteiger charge is -2.17. The maximum atomic E-state index is 12.0. The molecule has 1 aromatic rings. The van der Waals surface area contributed by atoms with Gasteiger partial charge >= 0.3 is 5.97 Å². The Morgan fingerprint density at radius 3 is 2.62 bits per heavy atom. The third kappa shape index (κ3) is 5.50. The van der Waals surface area contributed by atoms with E-state index in [1.165, 1.54) is 16.2 Å². The van der Waals surface area contributed by atoms with Crippen molar-refractivity contribution >= 4 is 34.3 Å². The smallest absolute Gasteiger partial charge is 0.323 e. The van der Waals surface area contributed by atoms with Gasteiger partial charge in [0.25, 0.3) is 0 Å². The molecule has 0 saturated heterocycles. The molecule has 1 aromatic heterocycles. The number of hydrogen-bond donors (Lipinski definition) is 2. The molecule has 0 aromatic carbocycles. The molecule has 1 rings (SSSR count). The highest BCUT2D eigenvalue weighted by Crippen LogP contribution is 2.17. The van der Waals surface area contributed by atoms with E-state index in [2.05, 4.69) is 10.3 Å². The summed E-state index contributed by atoms with van der Waals surface area (Å²) < 4.78 is 0. The summed E-state index contributed by atoms with van der Waals surface area (Å²) in [5.74, 6) is -1.63. The molecule has 116 valence electrons. The van der Waals surface area contributed by atoms with E-state index in [9.17, 15) is 14.4 Å². The van der Waals surface area contributed by atoms with Gasteiger partial charge in [-0.1, -0.05) is 13.8 Å². The largest absolute Gasteiger partial charge is 0.480 e. The number of carboxylic acid groups (broad SMARTS) is 1. The SMILES string of the molecule is CCN(CC(=O)O)C(=O)Cc1csc(NC(=O)C(C)C)n1. The van der Waals surface area contributed by atoms with Crippen LogP contribution < -0.4 is 5.32 Å². The second-order valence-electron chi connectivity index (χ2n) is 4.77. The average molecular weight is 313 g/mol. The summed E-state index contributed by atoms with van der Waals surface area (Å²) in [6.07, 6.45) is 0.0230. The van der Waals surface area contributed by atoms with Crippen LogP contribution in [0.2, 0.25) is 0 Å². The van der Waals surface area contributed by atoms with Crippen molar-refractivity contribution in [2.24, 2.45) is 5.92 Å². The van der Waals surface area contributed by atoms with Crippen LogP contribution in [0.1, 0.15) is 26.5 Å². The third-order valence-electron chi connectivity index (χ3n) is 2.70. The summed E-state index contributed by atoms with van der Waals surface area (Å²) in [6, 6.07) is 0. The first-order valence-corrected chi connectivity index (χ1v) is 7.46. The molecule has 0 spiro atoms. The van der Waals surface area contributed by atoms with Crippen LogP contribution in [0, 0.1) is 5.92 Å². The molecule has 0 fully saturated rings. The van der Waals surface area contributed by atoms with E-state index >= 15 is 0 Å². The highest BCUT2D eigenvalue weighted by atomic mass is 32.1.